The highest BCUT2D eigenvalue weighted by Gasteiger charge is 2.43. The van der Waals surface area contributed by atoms with Gasteiger partial charge in [-0.2, -0.15) is 0 Å². The van der Waals surface area contributed by atoms with E-state index in [1.54, 1.807) is 4.90 Å². The van der Waals surface area contributed by atoms with Crippen LogP contribution in [0.15, 0.2) is 54.6 Å². The zero-order valence-corrected chi connectivity index (χ0v) is 15.6. The van der Waals surface area contributed by atoms with E-state index in [-0.39, 0.29) is 17.9 Å². The number of piperazine rings is 2. The van der Waals surface area contributed by atoms with E-state index in [1.807, 2.05) is 30.3 Å². The Labute approximate surface area is 160 Å². The first kappa shape index (κ1) is 17.7. The second kappa shape index (κ2) is 7.53. The van der Waals surface area contributed by atoms with Gasteiger partial charge in [0, 0.05) is 32.6 Å². The molecule has 4 rings (SSSR count). The fraction of sp³-hybridized carbons (Fsp3) is 0.364. The first-order valence-electron chi connectivity index (χ1n) is 9.53. The standard InChI is InChI=1S/C22H25N3O2/c1-16-7-9-18(10-8-16)14-24-11-12-25-20(15-24)21(26)23-19(22(25)27)13-17-5-3-2-4-6-17/h2-10,19-20H,11-15H2,1H3,(H,23,26)/t19-,20-/m1/s1. The molecule has 2 atom stereocenters. The quantitative estimate of drug-likeness (QED) is 0.900. The van der Waals surface area contributed by atoms with Crippen molar-refractivity contribution in [3.8, 4) is 0 Å². The molecule has 2 aliphatic rings. The van der Waals surface area contributed by atoms with Crippen molar-refractivity contribution in [3.63, 3.8) is 0 Å². The van der Waals surface area contributed by atoms with Gasteiger partial charge in [0.25, 0.3) is 0 Å². The van der Waals surface area contributed by atoms with E-state index in [4.69, 9.17) is 0 Å². The van der Waals surface area contributed by atoms with Gasteiger partial charge in [0.05, 0.1) is 0 Å². The van der Waals surface area contributed by atoms with Crippen LogP contribution in [0.1, 0.15) is 16.7 Å². The van der Waals surface area contributed by atoms with Gasteiger partial charge in [0.1, 0.15) is 12.1 Å². The van der Waals surface area contributed by atoms with E-state index >= 15 is 0 Å². The molecule has 0 saturated carbocycles. The van der Waals surface area contributed by atoms with Crippen molar-refractivity contribution in [1.29, 1.82) is 0 Å². The fourth-order valence-corrected chi connectivity index (χ4v) is 3.94. The van der Waals surface area contributed by atoms with E-state index in [0.717, 1.165) is 18.7 Å². The molecule has 2 heterocycles. The molecule has 0 radical (unpaired) electrons. The molecule has 0 aromatic heterocycles. The number of carbonyl (C=O) groups is 2. The number of rotatable bonds is 4. The molecule has 2 aliphatic heterocycles. The van der Waals surface area contributed by atoms with Gasteiger partial charge in [-0.25, -0.2) is 0 Å². The Morgan fingerprint density at radius 1 is 0.963 bits per heavy atom. The highest BCUT2D eigenvalue weighted by Crippen LogP contribution is 2.20. The van der Waals surface area contributed by atoms with Crippen molar-refractivity contribution in [2.45, 2.75) is 32.0 Å². The summed E-state index contributed by atoms with van der Waals surface area (Å²) in [5.74, 6) is 0.00239. The fourth-order valence-electron chi connectivity index (χ4n) is 3.94. The highest BCUT2D eigenvalue weighted by molar-refractivity contribution is 5.97. The summed E-state index contributed by atoms with van der Waals surface area (Å²) in [6.45, 7) is 4.87. The lowest BCUT2D eigenvalue weighted by Gasteiger charge is -2.45. The predicted octanol–water partition coefficient (Wildman–Crippen LogP) is 1.75. The topological polar surface area (TPSA) is 52.6 Å². The van der Waals surface area contributed by atoms with Gasteiger partial charge in [0.15, 0.2) is 0 Å². The van der Waals surface area contributed by atoms with Crippen LogP contribution < -0.4 is 5.32 Å². The van der Waals surface area contributed by atoms with Crippen molar-refractivity contribution in [1.82, 2.24) is 15.1 Å². The molecule has 5 nitrogen and oxygen atoms in total. The molecular weight excluding hydrogens is 338 g/mol. The van der Waals surface area contributed by atoms with Crippen molar-refractivity contribution in [2.75, 3.05) is 19.6 Å². The van der Waals surface area contributed by atoms with Crippen LogP contribution in [0.2, 0.25) is 0 Å². The van der Waals surface area contributed by atoms with E-state index in [9.17, 15) is 9.59 Å². The number of aryl methyl sites for hydroxylation is 1. The number of fused-ring (bicyclic) bond motifs is 1. The van der Waals surface area contributed by atoms with Gasteiger partial charge < -0.3 is 10.2 Å². The minimum absolute atomic E-state index is 0.0378. The number of benzene rings is 2. The maximum Gasteiger partial charge on any atom is 0.246 e. The third kappa shape index (κ3) is 3.88. The Hall–Kier alpha value is -2.66. The van der Waals surface area contributed by atoms with E-state index in [2.05, 4.69) is 41.4 Å². The summed E-state index contributed by atoms with van der Waals surface area (Å²) in [6, 6.07) is 17.5. The lowest BCUT2D eigenvalue weighted by Crippen LogP contribution is -2.69. The van der Waals surface area contributed by atoms with Gasteiger partial charge in [-0.3, -0.25) is 14.5 Å². The number of nitrogens with zero attached hydrogens (tertiary/aromatic N) is 2. The molecule has 2 aromatic carbocycles. The summed E-state index contributed by atoms with van der Waals surface area (Å²) in [5, 5.41) is 2.95. The summed E-state index contributed by atoms with van der Waals surface area (Å²) >= 11 is 0. The van der Waals surface area contributed by atoms with Gasteiger partial charge in [0.2, 0.25) is 11.8 Å². The van der Waals surface area contributed by atoms with Gasteiger partial charge in [-0.1, -0.05) is 60.2 Å². The smallest absolute Gasteiger partial charge is 0.246 e. The molecule has 140 valence electrons. The summed E-state index contributed by atoms with van der Waals surface area (Å²) in [6.07, 6.45) is 0.543. The SMILES string of the molecule is Cc1ccc(CN2CCN3C(=O)[C@@H](Cc4ccccc4)NC(=O)[C@H]3C2)cc1. The molecule has 2 fully saturated rings. The van der Waals surface area contributed by atoms with Crippen LogP contribution in [0, 0.1) is 6.92 Å². The van der Waals surface area contributed by atoms with E-state index in [0.29, 0.717) is 19.5 Å². The summed E-state index contributed by atoms with van der Waals surface area (Å²) < 4.78 is 0. The molecule has 2 aromatic rings. The average molecular weight is 363 g/mol. The van der Waals surface area contributed by atoms with Gasteiger partial charge in [-0.05, 0) is 18.1 Å². The summed E-state index contributed by atoms with van der Waals surface area (Å²) in [5.41, 5.74) is 3.54. The monoisotopic (exact) mass is 363 g/mol. The average Bonchev–Trinajstić information content (AvgIpc) is 2.68. The Morgan fingerprint density at radius 2 is 1.70 bits per heavy atom. The Kier molecular flexibility index (Phi) is 4.94. The molecule has 5 heteroatoms. The molecule has 2 saturated heterocycles. The largest absolute Gasteiger partial charge is 0.342 e. The van der Waals surface area contributed by atoms with Crippen molar-refractivity contribution >= 4 is 11.8 Å². The van der Waals surface area contributed by atoms with Crippen molar-refractivity contribution in [2.24, 2.45) is 0 Å². The first-order valence-corrected chi connectivity index (χ1v) is 9.53. The maximum absolute atomic E-state index is 12.9. The van der Waals surface area contributed by atoms with Crippen LogP contribution in [0.25, 0.3) is 0 Å². The van der Waals surface area contributed by atoms with Crippen LogP contribution in [0.3, 0.4) is 0 Å². The highest BCUT2D eigenvalue weighted by atomic mass is 16.2. The third-order valence-corrected chi connectivity index (χ3v) is 5.47. The third-order valence-electron chi connectivity index (χ3n) is 5.47. The van der Waals surface area contributed by atoms with E-state index < -0.39 is 6.04 Å². The Balaban J connectivity index is 1.41. The van der Waals surface area contributed by atoms with Gasteiger partial charge >= 0.3 is 0 Å². The number of carbonyl (C=O) groups excluding carboxylic acids is 2. The van der Waals surface area contributed by atoms with Crippen LogP contribution in [0.5, 0.6) is 0 Å². The lowest BCUT2D eigenvalue weighted by molar-refractivity contribution is -0.153. The number of hydrogen-bond donors (Lipinski definition) is 1. The van der Waals surface area contributed by atoms with E-state index in [1.165, 1.54) is 11.1 Å². The Bertz CT molecular complexity index is 819. The minimum atomic E-state index is -0.459. The molecular formula is C22H25N3O2. The van der Waals surface area contributed by atoms with Gasteiger partial charge in [-0.15, -0.1) is 0 Å². The first-order chi connectivity index (χ1) is 13.1. The second-order valence-electron chi connectivity index (χ2n) is 7.52. The normalized spacial score (nSPS) is 23.1. The molecule has 0 spiro atoms. The number of amides is 2. The van der Waals surface area contributed by atoms with Crippen LogP contribution in [0.4, 0.5) is 0 Å². The summed E-state index contributed by atoms with van der Waals surface area (Å²) in [7, 11) is 0. The number of nitrogens with one attached hydrogen (secondary N) is 1. The van der Waals surface area contributed by atoms with Crippen LogP contribution in [-0.4, -0.2) is 53.3 Å². The molecule has 1 N–H and O–H groups in total. The lowest BCUT2D eigenvalue weighted by atomic mass is 9.98. The maximum atomic E-state index is 12.9. The van der Waals surface area contributed by atoms with Crippen molar-refractivity contribution in [3.05, 3.63) is 71.3 Å². The molecule has 0 bridgehead atoms. The Morgan fingerprint density at radius 3 is 2.44 bits per heavy atom. The van der Waals surface area contributed by atoms with Crippen molar-refractivity contribution < 1.29 is 9.59 Å². The zero-order chi connectivity index (χ0) is 18.8. The second-order valence-corrected chi connectivity index (χ2v) is 7.52. The number of hydrogen-bond acceptors (Lipinski definition) is 3. The molecule has 27 heavy (non-hydrogen) atoms. The molecule has 0 unspecified atom stereocenters. The minimum Gasteiger partial charge on any atom is -0.342 e. The molecule has 2 amide bonds. The molecule has 0 aliphatic carbocycles. The predicted molar refractivity (Wildman–Crippen MR) is 104 cm³/mol. The van der Waals surface area contributed by atoms with Crippen LogP contribution >= 0.6 is 0 Å². The van der Waals surface area contributed by atoms with Crippen LogP contribution in [-0.2, 0) is 22.6 Å². The summed E-state index contributed by atoms with van der Waals surface area (Å²) in [4.78, 5) is 29.6. The zero-order valence-electron chi connectivity index (χ0n) is 15.6.